The van der Waals surface area contributed by atoms with Gasteiger partial charge >= 0.3 is 0 Å². The highest BCUT2D eigenvalue weighted by atomic mass is 35.5. The topological polar surface area (TPSA) is 56.4 Å². The van der Waals surface area contributed by atoms with Crippen molar-refractivity contribution in [2.45, 2.75) is 17.2 Å². The van der Waals surface area contributed by atoms with Crippen molar-refractivity contribution in [3.05, 3.63) is 64.8 Å². The van der Waals surface area contributed by atoms with Gasteiger partial charge in [0, 0.05) is 54.3 Å². The number of rotatable bonds is 5. The van der Waals surface area contributed by atoms with Crippen LogP contribution in [-0.4, -0.2) is 56.4 Å². The average Bonchev–Trinajstić information content (AvgIpc) is 3.00. The van der Waals surface area contributed by atoms with E-state index in [0.717, 1.165) is 48.3 Å². The van der Waals surface area contributed by atoms with Crippen molar-refractivity contribution in [3.8, 4) is 0 Å². The largest absolute Gasteiger partial charge is 0.357 e. The Kier molecular flexibility index (Phi) is 5.47. The molecule has 1 N–H and O–H groups in total. The third kappa shape index (κ3) is 4.10. The molecule has 1 aliphatic rings. The van der Waals surface area contributed by atoms with Crippen molar-refractivity contribution in [2.75, 3.05) is 33.2 Å². The molecule has 1 fully saturated rings. The fraction of sp³-hybridized carbons (Fsp3) is 0.333. The molecule has 1 saturated heterocycles. The first-order chi connectivity index (χ1) is 13.4. The summed E-state index contributed by atoms with van der Waals surface area (Å²) in [6.45, 7) is 4.68. The van der Waals surface area contributed by atoms with E-state index < -0.39 is 9.84 Å². The molecule has 1 aliphatic heterocycles. The Morgan fingerprint density at radius 2 is 1.75 bits per heavy atom. The van der Waals surface area contributed by atoms with E-state index >= 15 is 0 Å². The molecule has 4 rings (SSSR count). The zero-order chi connectivity index (χ0) is 19.7. The quantitative estimate of drug-likeness (QED) is 0.689. The number of benzene rings is 2. The van der Waals surface area contributed by atoms with E-state index in [9.17, 15) is 8.42 Å². The number of fused-ring (bicyclic) bond motifs is 1. The SMILES string of the molecule is CN1CCN(Cc2c(CS(=O)(=O)c3ccccc3)[nH]c3ccc(Cl)cc23)CC1. The molecule has 3 aromatic rings. The Hall–Kier alpha value is -1.86. The lowest BCUT2D eigenvalue weighted by Gasteiger charge is -2.32. The Bertz CT molecular complexity index is 1070. The van der Waals surface area contributed by atoms with Gasteiger partial charge in [-0.25, -0.2) is 8.42 Å². The normalized spacial score (nSPS) is 16.6. The van der Waals surface area contributed by atoms with Gasteiger partial charge in [-0.05, 0) is 42.9 Å². The molecule has 0 spiro atoms. The maximum Gasteiger partial charge on any atom is 0.183 e. The van der Waals surface area contributed by atoms with Crippen LogP contribution in [0.1, 0.15) is 11.3 Å². The molecule has 0 radical (unpaired) electrons. The minimum absolute atomic E-state index is 0.0492. The van der Waals surface area contributed by atoms with E-state index in [-0.39, 0.29) is 5.75 Å². The van der Waals surface area contributed by atoms with Crippen LogP contribution in [0.4, 0.5) is 0 Å². The fourth-order valence-corrected chi connectivity index (χ4v) is 5.25. The van der Waals surface area contributed by atoms with Gasteiger partial charge in [0.1, 0.15) is 0 Å². The number of aromatic nitrogens is 1. The number of halogens is 1. The summed E-state index contributed by atoms with van der Waals surface area (Å²) >= 11 is 6.24. The molecule has 1 aromatic heterocycles. The van der Waals surface area contributed by atoms with E-state index in [4.69, 9.17) is 11.6 Å². The van der Waals surface area contributed by atoms with Gasteiger partial charge in [-0.3, -0.25) is 4.90 Å². The molecule has 0 atom stereocenters. The molecule has 5 nitrogen and oxygen atoms in total. The van der Waals surface area contributed by atoms with Crippen LogP contribution in [0.5, 0.6) is 0 Å². The molecule has 0 amide bonds. The van der Waals surface area contributed by atoms with Crippen molar-refractivity contribution in [3.63, 3.8) is 0 Å². The number of aromatic amines is 1. The van der Waals surface area contributed by atoms with Crippen LogP contribution in [0.25, 0.3) is 10.9 Å². The summed E-state index contributed by atoms with van der Waals surface area (Å²) in [6.07, 6.45) is 0. The maximum absolute atomic E-state index is 13.0. The first-order valence-electron chi connectivity index (χ1n) is 9.40. The van der Waals surface area contributed by atoms with Crippen LogP contribution in [-0.2, 0) is 22.1 Å². The van der Waals surface area contributed by atoms with Crippen molar-refractivity contribution in [1.82, 2.24) is 14.8 Å². The smallest absolute Gasteiger partial charge is 0.183 e. The predicted molar refractivity (Wildman–Crippen MR) is 113 cm³/mol. The molecule has 2 aromatic carbocycles. The second-order valence-electron chi connectivity index (χ2n) is 7.42. The average molecular weight is 418 g/mol. The van der Waals surface area contributed by atoms with Crippen molar-refractivity contribution in [2.24, 2.45) is 0 Å². The summed E-state index contributed by atoms with van der Waals surface area (Å²) in [6, 6.07) is 14.3. The van der Waals surface area contributed by atoms with Gasteiger partial charge in [-0.2, -0.15) is 0 Å². The number of hydrogen-bond acceptors (Lipinski definition) is 4. The molecule has 7 heteroatoms. The molecular weight excluding hydrogens is 394 g/mol. The van der Waals surface area contributed by atoms with Gasteiger partial charge in [0.25, 0.3) is 0 Å². The number of piperazine rings is 1. The summed E-state index contributed by atoms with van der Waals surface area (Å²) in [5, 5.41) is 1.66. The third-order valence-electron chi connectivity index (χ3n) is 5.37. The van der Waals surface area contributed by atoms with E-state index in [1.54, 1.807) is 24.3 Å². The van der Waals surface area contributed by atoms with E-state index in [2.05, 4.69) is 21.8 Å². The van der Waals surface area contributed by atoms with Crippen LogP contribution in [0.2, 0.25) is 5.02 Å². The van der Waals surface area contributed by atoms with Gasteiger partial charge in [-0.1, -0.05) is 29.8 Å². The first kappa shape index (κ1) is 19.5. The minimum Gasteiger partial charge on any atom is -0.357 e. The molecule has 0 unspecified atom stereocenters. The van der Waals surface area contributed by atoms with Gasteiger partial charge in [0.2, 0.25) is 0 Å². The van der Waals surface area contributed by atoms with Crippen LogP contribution in [0.15, 0.2) is 53.4 Å². The highest BCUT2D eigenvalue weighted by molar-refractivity contribution is 7.90. The Labute approximate surface area is 170 Å². The highest BCUT2D eigenvalue weighted by Gasteiger charge is 2.23. The molecule has 2 heterocycles. The summed E-state index contributed by atoms with van der Waals surface area (Å²) in [5.41, 5.74) is 2.70. The van der Waals surface area contributed by atoms with E-state index in [1.807, 2.05) is 24.3 Å². The number of nitrogens with zero attached hydrogens (tertiary/aromatic N) is 2. The monoisotopic (exact) mass is 417 g/mol. The Morgan fingerprint density at radius 3 is 2.46 bits per heavy atom. The van der Waals surface area contributed by atoms with Crippen LogP contribution in [0.3, 0.4) is 0 Å². The van der Waals surface area contributed by atoms with Gasteiger partial charge in [-0.15, -0.1) is 0 Å². The maximum atomic E-state index is 13.0. The van der Waals surface area contributed by atoms with Crippen molar-refractivity contribution < 1.29 is 8.42 Å². The van der Waals surface area contributed by atoms with Gasteiger partial charge < -0.3 is 9.88 Å². The molecule has 0 saturated carbocycles. The molecular formula is C21H24ClN3O2S. The van der Waals surface area contributed by atoms with Crippen LogP contribution < -0.4 is 0 Å². The lowest BCUT2D eigenvalue weighted by atomic mass is 10.1. The zero-order valence-electron chi connectivity index (χ0n) is 15.9. The number of sulfone groups is 1. The molecule has 148 valence electrons. The lowest BCUT2D eigenvalue weighted by Crippen LogP contribution is -2.44. The van der Waals surface area contributed by atoms with Crippen LogP contribution in [0, 0.1) is 0 Å². The van der Waals surface area contributed by atoms with Gasteiger partial charge in [0.15, 0.2) is 9.84 Å². The van der Waals surface area contributed by atoms with Crippen molar-refractivity contribution >= 4 is 32.3 Å². The minimum atomic E-state index is -3.43. The highest BCUT2D eigenvalue weighted by Crippen LogP contribution is 2.29. The van der Waals surface area contributed by atoms with Crippen LogP contribution >= 0.6 is 11.6 Å². The number of nitrogens with one attached hydrogen (secondary N) is 1. The summed E-state index contributed by atoms with van der Waals surface area (Å²) in [4.78, 5) is 8.37. The van der Waals surface area contributed by atoms with E-state index in [0.29, 0.717) is 16.5 Å². The number of likely N-dealkylation sites (N-methyl/N-ethyl adjacent to an activating group) is 1. The molecule has 0 bridgehead atoms. The third-order valence-corrected chi connectivity index (χ3v) is 7.27. The first-order valence-corrected chi connectivity index (χ1v) is 11.4. The summed E-state index contributed by atoms with van der Waals surface area (Å²) in [7, 11) is -1.31. The lowest BCUT2D eigenvalue weighted by molar-refractivity contribution is 0.148. The second kappa shape index (κ2) is 7.87. The molecule has 0 aliphatic carbocycles. The standard InChI is InChI=1S/C21H24ClN3O2S/c1-24-9-11-25(12-10-24)14-19-18-13-16(22)7-8-20(18)23-21(19)15-28(26,27)17-5-3-2-4-6-17/h2-8,13,23H,9-12,14-15H2,1H3. The molecule has 28 heavy (non-hydrogen) atoms. The van der Waals surface area contributed by atoms with E-state index in [1.165, 1.54) is 0 Å². The fourth-order valence-electron chi connectivity index (χ4n) is 3.71. The van der Waals surface area contributed by atoms with Gasteiger partial charge in [0.05, 0.1) is 10.6 Å². The predicted octanol–water partition coefficient (Wildman–Crippen LogP) is 3.54. The summed E-state index contributed by atoms with van der Waals surface area (Å²) < 4.78 is 25.9. The number of H-pyrrole nitrogens is 1. The second-order valence-corrected chi connectivity index (χ2v) is 9.85. The Balaban J connectivity index is 1.71. The zero-order valence-corrected chi connectivity index (χ0v) is 17.4. The Morgan fingerprint density at radius 1 is 1.04 bits per heavy atom. The number of hydrogen-bond donors (Lipinski definition) is 1. The van der Waals surface area contributed by atoms with Crippen molar-refractivity contribution in [1.29, 1.82) is 0 Å². The summed E-state index contributed by atoms with van der Waals surface area (Å²) in [5.74, 6) is -0.0492.